The fraction of sp³-hybridized carbons (Fsp3) is 0.357. The van der Waals surface area contributed by atoms with Crippen molar-refractivity contribution in [2.45, 2.75) is 28.5 Å². The molecule has 2 aliphatic carbocycles. The number of aromatic hydroxyl groups is 1. The molecule has 40 heavy (non-hydrogen) atoms. The summed E-state index contributed by atoms with van der Waals surface area (Å²) in [6, 6.07) is 11.0. The third kappa shape index (κ3) is 3.50. The van der Waals surface area contributed by atoms with Gasteiger partial charge in [-0.15, -0.1) is 23.2 Å². The summed E-state index contributed by atoms with van der Waals surface area (Å²) in [7, 11) is 1.45. The van der Waals surface area contributed by atoms with Crippen LogP contribution in [-0.4, -0.2) is 55.9 Å². The SMILES string of the molecule is COc1ccc(C2C3=CCC4C(=O)N(c5ccc(Cl)cc5)C(=O)C4C3CC3(Cl)C(=O)N(CBr)C(=O)C23Cl)c(O)c1. The van der Waals surface area contributed by atoms with E-state index < -0.39 is 51.1 Å². The van der Waals surface area contributed by atoms with Gasteiger partial charge >= 0.3 is 0 Å². The molecule has 8 nitrogen and oxygen atoms in total. The number of carbonyl (C=O) groups excluding carboxylic acids is 4. The van der Waals surface area contributed by atoms with E-state index in [4.69, 9.17) is 39.5 Å². The second-order valence-electron chi connectivity index (χ2n) is 10.4. The van der Waals surface area contributed by atoms with Crippen LogP contribution in [-0.2, 0) is 19.2 Å². The highest BCUT2D eigenvalue weighted by Crippen LogP contribution is 2.66. The highest BCUT2D eigenvalue weighted by atomic mass is 79.9. The van der Waals surface area contributed by atoms with Gasteiger partial charge in [0.05, 0.1) is 30.1 Å². The van der Waals surface area contributed by atoms with Crippen LogP contribution < -0.4 is 9.64 Å². The van der Waals surface area contributed by atoms with Gasteiger partial charge in [0.2, 0.25) is 11.8 Å². The van der Waals surface area contributed by atoms with Crippen LogP contribution >= 0.6 is 50.7 Å². The lowest BCUT2D eigenvalue weighted by atomic mass is 9.56. The number of benzene rings is 2. The normalized spacial score (nSPS) is 33.1. The molecule has 6 rings (SSSR count). The zero-order valence-electron chi connectivity index (χ0n) is 20.9. The number of ether oxygens (including phenoxy) is 1. The molecule has 0 bridgehead atoms. The Morgan fingerprint density at radius 3 is 2.35 bits per heavy atom. The number of amides is 4. The van der Waals surface area contributed by atoms with Crippen LogP contribution in [0, 0.1) is 17.8 Å². The Morgan fingerprint density at radius 1 is 1.02 bits per heavy atom. The molecule has 2 aromatic carbocycles. The smallest absolute Gasteiger partial charge is 0.254 e. The van der Waals surface area contributed by atoms with Crippen LogP contribution in [0.3, 0.4) is 0 Å². The van der Waals surface area contributed by atoms with Crippen LogP contribution in [0.1, 0.15) is 24.3 Å². The largest absolute Gasteiger partial charge is 0.508 e. The minimum absolute atomic E-state index is 0.132. The summed E-state index contributed by atoms with van der Waals surface area (Å²) in [6.45, 7) is 0. The average molecular weight is 669 g/mol. The summed E-state index contributed by atoms with van der Waals surface area (Å²) < 4.78 is 5.23. The van der Waals surface area contributed by atoms with Crippen molar-refractivity contribution in [3.63, 3.8) is 0 Å². The molecule has 2 aromatic rings. The van der Waals surface area contributed by atoms with Crippen molar-refractivity contribution in [1.29, 1.82) is 0 Å². The molecular weight excluding hydrogens is 647 g/mol. The molecule has 12 heteroatoms. The summed E-state index contributed by atoms with van der Waals surface area (Å²) in [6.07, 6.45) is 1.89. The number of hydrogen-bond acceptors (Lipinski definition) is 6. The van der Waals surface area contributed by atoms with E-state index in [0.29, 0.717) is 22.0 Å². The molecule has 6 unspecified atom stereocenters. The summed E-state index contributed by atoms with van der Waals surface area (Å²) >= 11 is 23.6. The van der Waals surface area contributed by atoms with Crippen molar-refractivity contribution in [2.24, 2.45) is 17.8 Å². The molecule has 2 heterocycles. The van der Waals surface area contributed by atoms with E-state index in [1.807, 2.05) is 6.08 Å². The van der Waals surface area contributed by atoms with Crippen molar-refractivity contribution >= 4 is 80.0 Å². The third-order valence-corrected chi connectivity index (χ3v) is 10.8. The van der Waals surface area contributed by atoms with E-state index in [-0.39, 0.29) is 35.5 Å². The van der Waals surface area contributed by atoms with E-state index in [0.717, 1.165) is 9.80 Å². The molecule has 208 valence electrons. The number of phenolic OH excluding ortho intramolecular Hbond substituents is 1. The molecule has 4 aliphatic rings. The Morgan fingerprint density at radius 2 is 1.73 bits per heavy atom. The molecule has 2 saturated heterocycles. The van der Waals surface area contributed by atoms with Crippen LogP contribution in [0.2, 0.25) is 5.02 Å². The second-order valence-corrected chi connectivity index (χ2v) is 12.6. The standard InChI is InChI=1S/C28H22BrCl3N2O6/c1-40-15-6-7-17(20(35)10-15)22-16-8-9-18-21(24(37)34(23(18)36)14-4-2-13(30)3-5-14)19(16)11-27(31)25(38)33(12-29)26(39)28(22,27)32/h2-8,10,18-19,21-22,35H,9,11-12H2,1H3. The van der Waals surface area contributed by atoms with Gasteiger partial charge in [0.15, 0.2) is 9.75 Å². The number of allylic oxidation sites excluding steroid dienone is 2. The molecule has 0 aromatic heterocycles. The Bertz CT molecular complexity index is 1520. The summed E-state index contributed by atoms with van der Waals surface area (Å²) in [5, 5.41) is 11.5. The Kier molecular flexibility index (Phi) is 6.53. The number of hydrogen-bond donors (Lipinski definition) is 1. The predicted molar refractivity (Wildman–Crippen MR) is 152 cm³/mol. The minimum Gasteiger partial charge on any atom is -0.508 e. The van der Waals surface area contributed by atoms with Crippen LogP contribution in [0.5, 0.6) is 11.5 Å². The number of anilines is 1. The van der Waals surface area contributed by atoms with Gasteiger partial charge in [-0.3, -0.25) is 29.0 Å². The number of fused-ring (bicyclic) bond motifs is 4. The Labute approximate surface area is 252 Å². The first-order valence-electron chi connectivity index (χ1n) is 12.5. The fourth-order valence-corrected chi connectivity index (χ4v) is 8.38. The minimum atomic E-state index is -2.00. The van der Waals surface area contributed by atoms with E-state index in [1.165, 1.54) is 13.2 Å². The van der Waals surface area contributed by atoms with Gasteiger partial charge in [-0.25, -0.2) is 0 Å². The van der Waals surface area contributed by atoms with Crippen LogP contribution in [0.4, 0.5) is 5.69 Å². The number of alkyl halides is 3. The van der Waals surface area contributed by atoms with Gasteiger partial charge < -0.3 is 9.84 Å². The first kappa shape index (κ1) is 27.6. The Balaban J connectivity index is 1.52. The molecule has 1 N–H and O–H groups in total. The molecule has 4 amide bonds. The van der Waals surface area contributed by atoms with Gasteiger partial charge in [-0.05, 0) is 49.1 Å². The molecule has 2 aliphatic heterocycles. The van der Waals surface area contributed by atoms with Gasteiger partial charge in [0.25, 0.3) is 11.8 Å². The number of methoxy groups -OCH3 is 1. The number of phenols is 1. The van der Waals surface area contributed by atoms with Crippen molar-refractivity contribution < 1.29 is 29.0 Å². The maximum atomic E-state index is 14.0. The van der Waals surface area contributed by atoms with Gasteiger partial charge in [-0.1, -0.05) is 45.2 Å². The third-order valence-electron chi connectivity index (χ3n) is 8.65. The zero-order valence-corrected chi connectivity index (χ0v) is 24.8. The number of likely N-dealkylation sites (tertiary alicyclic amines) is 1. The number of carbonyl (C=O) groups is 4. The van der Waals surface area contributed by atoms with Crippen molar-refractivity contribution in [3.05, 3.63) is 64.7 Å². The number of halogens is 4. The number of imide groups is 2. The van der Waals surface area contributed by atoms with Crippen molar-refractivity contribution in [1.82, 2.24) is 4.90 Å². The molecule has 0 spiro atoms. The molecule has 6 atom stereocenters. The van der Waals surface area contributed by atoms with E-state index in [9.17, 15) is 24.3 Å². The zero-order chi connectivity index (χ0) is 28.7. The topological polar surface area (TPSA) is 104 Å². The maximum Gasteiger partial charge on any atom is 0.254 e. The number of nitrogens with zero attached hydrogens (tertiary/aromatic N) is 2. The molecule has 1 saturated carbocycles. The molecule has 3 fully saturated rings. The van der Waals surface area contributed by atoms with E-state index in [2.05, 4.69) is 15.9 Å². The first-order valence-corrected chi connectivity index (χ1v) is 14.8. The van der Waals surface area contributed by atoms with Gasteiger partial charge in [0.1, 0.15) is 11.5 Å². The lowest BCUT2D eigenvalue weighted by Gasteiger charge is -2.50. The quantitative estimate of drug-likeness (QED) is 0.214. The van der Waals surface area contributed by atoms with E-state index >= 15 is 0 Å². The monoisotopic (exact) mass is 666 g/mol. The lowest BCUT2D eigenvalue weighted by molar-refractivity contribution is -0.138. The van der Waals surface area contributed by atoms with Crippen LogP contribution in [0.15, 0.2) is 54.1 Å². The lowest BCUT2D eigenvalue weighted by Crippen LogP contribution is -2.60. The van der Waals surface area contributed by atoms with Crippen molar-refractivity contribution in [2.75, 3.05) is 17.5 Å². The Hall–Kier alpha value is -2.59. The first-order chi connectivity index (χ1) is 19.0. The van der Waals surface area contributed by atoms with Crippen molar-refractivity contribution in [3.8, 4) is 11.5 Å². The number of rotatable bonds is 4. The fourth-order valence-electron chi connectivity index (χ4n) is 6.84. The maximum absolute atomic E-state index is 14.0. The van der Waals surface area contributed by atoms with Gasteiger partial charge in [0, 0.05) is 22.6 Å². The molecular formula is C28H22BrCl3N2O6. The average Bonchev–Trinajstić information content (AvgIpc) is 3.27. The summed E-state index contributed by atoms with van der Waals surface area (Å²) in [4.78, 5) is 53.2. The van der Waals surface area contributed by atoms with E-state index in [1.54, 1.807) is 36.4 Å². The second kappa shape index (κ2) is 9.48. The highest BCUT2D eigenvalue weighted by Gasteiger charge is 2.76. The summed E-state index contributed by atoms with van der Waals surface area (Å²) in [5.41, 5.74) is 1.11. The summed E-state index contributed by atoms with van der Waals surface area (Å²) in [5.74, 6) is -5.32. The predicted octanol–water partition coefficient (Wildman–Crippen LogP) is 4.97. The molecule has 0 radical (unpaired) electrons. The highest BCUT2D eigenvalue weighted by molar-refractivity contribution is 9.09. The van der Waals surface area contributed by atoms with Crippen LogP contribution in [0.25, 0.3) is 0 Å². The van der Waals surface area contributed by atoms with Gasteiger partial charge in [-0.2, -0.15) is 0 Å².